The zero-order valence-electron chi connectivity index (χ0n) is 19.8. The zero-order valence-corrected chi connectivity index (χ0v) is 20.6. The number of anilines is 1. The van der Waals surface area contributed by atoms with E-state index in [1.165, 1.54) is 33.6 Å². The highest BCUT2D eigenvalue weighted by molar-refractivity contribution is 5.74. The molecule has 0 aliphatic carbocycles. The lowest BCUT2D eigenvalue weighted by molar-refractivity contribution is -2.00. The Balaban J connectivity index is 0.000000623. The summed E-state index contributed by atoms with van der Waals surface area (Å²) in [4.78, 5) is 2.11. The maximum atomic E-state index is 8.49. The van der Waals surface area contributed by atoms with Gasteiger partial charge in [-0.3, -0.25) is 0 Å². The highest BCUT2D eigenvalue weighted by Gasteiger charge is 2.16. The maximum Gasteiger partial charge on any atom is 0.213 e. The second kappa shape index (κ2) is 11.8. The van der Waals surface area contributed by atoms with Crippen LogP contribution in [-0.2, 0) is 7.05 Å². The Bertz CT molecular complexity index is 1250. The molecule has 4 aromatic rings. The van der Waals surface area contributed by atoms with Crippen molar-refractivity contribution in [3.05, 3.63) is 108 Å². The van der Waals surface area contributed by atoms with Gasteiger partial charge in [0.1, 0.15) is 7.05 Å². The van der Waals surface area contributed by atoms with Crippen molar-refractivity contribution < 1.29 is 33.4 Å². The number of hydrogen-bond acceptors (Lipinski definition) is 5. The molecule has 0 saturated heterocycles. The highest BCUT2D eigenvalue weighted by Crippen LogP contribution is 2.25. The first kappa shape index (κ1) is 26.1. The minimum Gasteiger partial charge on any atom is -0.378 e. The molecule has 7 heteroatoms. The lowest BCUT2D eigenvalue weighted by atomic mass is 10.0. The predicted molar refractivity (Wildman–Crippen MR) is 128 cm³/mol. The SMILES string of the molecule is CN(C)c1ccc(/C=C/c2cc(-c3ccccc3)cc(-c3ccccc3)[n+]2C)cc1.[O-][Cl+3]([O-])([O-])[O-]. The minimum atomic E-state index is -4.94. The van der Waals surface area contributed by atoms with E-state index in [2.05, 4.69) is 140 Å². The summed E-state index contributed by atoms with van der Waals surface area (Å²) in [7, 11) is 1.31. The fraction of sp³-hybridized carbons (Fsp3) is 0.107. The molecule has 0 N–H and O–H groups in total. The molecular formula is C28H27ClN2O4. The molecule has 0 atom stereocenters. The van der Waals surface area contributed by atoms with Crippen LogP contribution in [0.2, 0.25) is 0 Å². The predicted octanol–water partition coefficient (Wildman–Crippen LogP) is 1.33. The quantitative estimate of drug-likeness (QED) is 0.393. The maximum absolute atomic E-state index is 8.49. The number of nitrogens with zero attached hydrogens (tertiary/aromatic N) is 2. The van der Waals surface area contributed by atoms with E-state index in [1.807, 2.05) is 0 Å². The smallest absolute Gasteiger partial charge is 0.213 e. The third-order valence-electron chi connectivity index (χ3n) is 5.38. The van der Waals surface area contributed by atoms with Crippen LogP contribution < -0.4 is 28.1 Å². The van der Waals surface area contributed by atoms with Gasteiger partial charge in [0.25, 0.3) is 0 Å². The van der Waals surface area contributed by atoms with Crippen LogP contribution in [0.15, 0.2) is 97.1 Å². The molecule has 0 aliphatic heterocycles. The zero-order chi connectivity index (χ0) is 25.4. The van der Waals surface area contributed by atoms with Gasteiger partial charge in [0.2, 0.25) is 11.4 Å². The van der Waals surface area contributed by atoms with E-state index >= 15 is 0 Å². The van der Waals surface area contributed by atoms with E-state index in [0.717, 1.165) is 5.69 Å². The molecule has 35 heavy (non-hydrogen) atoms. The van der Waals surface area contributed by atoms with E-state index in [0.29, 0.717) is 0 Å². The van der Waals surface area contributed by atoms with Crippen LogP contribution in [0, 0.1) is 10.2 Å². The topological polar surface area (TPSA) is 99.4 Å². The molecule has 0 spiro atoms. The van der Waals surface area contributed by atoms with Crippen LogP contribution in [0.1, 0.15) is 11.3 Å². The summed E-state index contributed by atoms with van der Waals surface area (Å²) in [5.74, 6) is 0. The molecule has 3 aromatic carbocycles. The molecular weight excluding hydrogens is 464 g/mol. The monoisotopic (exact) mass is 490 g/mol. The Morgan fingerprint density at radius 1 is 0.657 bits per heavy atom. The molecule has 0 fully saturated rings. The molecule has 0 amide bonds. The Labute approximate surface area is 208 Å². The van der Waals surface area contributed by atoms with Gasteiger partial charge in [0.15, 0.2) is 0 Å². The normalized spacial score (nSPS) is 11.2. The van der Waals surface area contributed by atoms with E-state index in [1.54, 1.807) is 0 Å². The van der Waals surface area contributed by atoms with Gasteiger partial charge in [-0.2, -0.15) is 4.57 Å². The van der Waals surface area contributed by atoms with Gasteiger partial charge in [-0.25, -0.2) is 18.6 Å². The third-order valence-corrected chi connectivity index (χ3v) is 5.38. The summed E-state index contributed by atoms with van der Waals surface area (Å²) in [5.41, 5.74) is 8.40. The third kappa shape index (κ3) is 8.03. The van der Waals surface area contributed by atoms with Gasteiger partial charge >= 0.3 is 0 Å². The summed E-state index contributed by atoms with van der Waals surface area (Å²) in [6, 6.07) is 34.3. The summed E-state index contributed by atoms with van der Waals surface area (Å²) >= 11 is 0. The van der Waals surface area contributed by atoms with Crippen molar-refractivity contribution in [3.8, 4) is 22.4 Å². The standard InChI is InChI=1S/C28H27N2.ClHO4/c1-29(2)26-17-14-22(15-18-26)16-19-27-20-25(23-10-6-4-7-11-23)21-28(30(27)3)24-12-8-5-9-13-24;2-1(3,4)5/h4-21H,1-3H3;(H,2,3,4,5)/q+1;/p-1. The molecule has 0 unspecified atom stereocenters. The summed E-state index contributed by atoms with van der Waals surface area (Å²) in [5, 5.41) is 0. The van der Waals surface area contributed by atoms with Gasteiger partial charge in [0, 0.05) is 43.6 Å². The van der Waals surface area contributed by atoms with Crippen molar-refractivity contribution in [1.82, 2.24) is 0 Å². The van der Waals surface area contributed by atoms with Gasteiger partial charge < -0.3 is 4.90 Å². The first-order chi connectivity index (χ1) is 16.6. The van der Waals surface area contributed by atoms with E-state index in [9.17, 15) is 0 Å². The minimum absolute atomic E-state index is 1.16. The molecule has 0 aliphatic rings. The average Bonchev–Trinajstić information content (AvgIpc) is 2.84. The van der Waals surface area contributed by atoms with Crippen molar-refractivity contribution in [2.45, 2.75) is 0 Å². The average molecular weight is 491 g/mol. The number of halogens is 1. The van der Waals surface area contributed by atoms with Crippen molar-refractivity contribution in [1.29, 1.82) is 0 Å². The van der Waals surface area contributed by atoms with E-state index < -0.39 is 10.2 Å². The first-order valence-electron chi connectivity index (χ1n) is 10.8. The van der Waals surface area contributed by atoms with Gasteiger partial charge in [0.05, 0.1) is 0 Å². The van der Waals surface area contributed by atoms with Crippen molar-refractivity contribution in [2.24, 2.45) is 7.05 Å². The number of rotatable bonds is 5. The first-order valence-corrected chi connectivity index (χ1v) is 12.1. The molecule has 1 heterocycles. The van der Waals surface area contributed by atoms with Gasteiger partial charge in [-0.05, 0) is 47.0 Å². The van der Waals surface area contributed by atoms with Crippen LogP contribution >= 0.6 is 0 Å². The van der Waals surface area contributed by atoms with E-state index in [4.69, 9.17) is 18.6 Å². The Hall–Kier alpha value is -3.52. The lowest BCUT2D eigenvalue weighted by Crippen LogP contribution is -2.68. The molecule has 0 saturated carbocycles. The van der Waals surface area contributed by atoms with Crippen LogP contribution in [-0.4, -0.2) is 14.1 Å². The molecule has 0 bridgehead atoms. The number of hydrogen-bond donors (Lipinski definition) is 0. The largest absolute Gasteiger partial charge is 0.378 e. The highest BCUT2D eigenvalue weighted by atomic mass is 35.7. The van der Waals surface area contributed by atoms with Crippen LogP contribution in [0.5, 0.6) is 0 Å². The van der Waals surface area contributed by atoms with Crippen LogP contribution in [0.4, 0.5) is 5.69 Å². The van der Waals surface area contributed by atoms with Crippen LogP contribution in [0.3, 0.4) is 0 Å². The number of benzene rings is 3. The van der Waals surface area contributed by atoms with Crippen molar-refractivity contribution in [3.63, 3.8) is 0 Å². The number of pyridine rings is 1. The van der Waals surface area contributed by atoms with Gasteiger partial charge in [-0.15, -0.1) is 10.2 Å². The molecule has 1 aromatic heterocycles. The molecule has 180 valence electrons. The summed E-state index contributed by atoms with van der Waals surface area (Å²) in [6.07, 6.45) is 4.38. The summed E-state index contributed by atoms with van der Waals surface area (Å²) in [6.45, 7) is 0. The summed E-state index contributed by atoms with van der Waals surface area (Å²) < 4.78 is 36.2. The second-order valence-electron chi connectivity index (χ2n) is 8.04. The Morgan fingerprint density at radius 3 is 1.69 bits per heavy atom. The lowest BCUT2D eigenvalue weighted by Gasteiger charge is -2.17. The Morgan fingerprint density at radius 2 is 1.17 bits per heavy atom. The molecule has 0 radical (unpaired) electrons. The van der Waals surface area contributed by atoms with Crippen molar-refractivity contribution >= 4 is 17.8 Å². The number of aromatic nitrogens is 1. The molecule has 4 rings (SSSR count). The van der Waals surface area contributed by atoms with Crippen LogP contribution in [0.25, 0.3) is 34.5 Å². The molecule has 6 nitrogen and oxygen atoms in total. The second-order valence-corrected chi connectivity index (χ2v) is 8.80. The van der Waals surface area contributed by atoms with E-state index in [-0.39, 0.29) is 0 Å². The van der Waals surface area contributed by atoms with Gasteiger partial charge in [-0.1, -0.05) is 60.7 Å². The fourth-order valence-electron chi connectivity index (χ4n) is 3.59. The van der Waals surface area contributed by atoms with Crippen molar-refractivity contribution in [2.75, 3.05) is 19.0 Å². The Kier molecular flexibility index (Phi) is 8.76. The fourth-order valence-corrected chi connectivity index (χ4v) is 3.59.